The normalized spacial score (nSPS) is 11.4. The lowest BCUT2D eigenvalue weighted by Gasteiger charge is -2.24. The third-order valence-corrected chi connectivity index (χ3v) is 3.39. The van der Waals surface area contributed by atoms with Gasteiger partial charge in [0.25, 0.3) is 0 Å². The number of aldehydes is 1. The fraction of sp³-hybridized carbons (Fsp3) is 0.533. The molecule has 0 aromatic heterocycles. The smallest absolute Gasteiger partial charge is 0.137 e. The van der Waals surface area contributed by atoms with Gasteiger partial charge in [0.1, 0.15) is 12.0 Å². The van der Waals surface area contributed by atoms with Gasteiger partial charge in [0, 0.05) is 12.0 Å². The van der Waals surface area contributed by atoms with Gasteiger partial charge in [-0.3, -0.25) is 0 Å². The van der Waals surface area contributed by atoms with E-state index in [1.807, 2.05) is 0 Å². The zero-order valence-electron chi connectivity index (χ0n) is 11.5. The first-order valence-electron chi connectivity index (χ1n) is 6.29. The third-order valence-electron chi connectivity index (χ3n) is 2.80. The lowest BCUT2D eigenvalue weighted by atomic mass is 9.85. The van der Waals surface area contributed by atoms with Crippen molar-refractivity contribution in [3.63, 3.8) is 0 Å². The molecule has 2 nitrogen and oxygen atoms in total. The number of halogens is 1. The van der Waals surface area contributed by atoms with Crippen LogP contribution in [0.25, 0.3) is 0 Å². The van der Waals surface area contributed by atoms with Gasteiger partial charge in [-0.25, -0.2) is 0 Å². The van der Waals surface area contributed by atoms with Crippen LogP contribution >= 0.6 is 15.9 Å². The number of benzene rings is 1. The molecule has 0 unspecified atom stereocenters. The van der Waals surface area contributed by atoms with Crippen molar-refractivity contribution < 1.29 is 9.53 Å². The van der Waals surface area contributed by atoms with E-state index in [-0.39, 0.29) is 5.41 Å². The summed E-state index contributed by atoms with van der Waals surface area (Å²) >= 11 is 3.57. The van der Waals surface area contributed by atoms with Crippen molar-refractivity contribution in [3.05, 3.63) is 27.7 Å². The molecule has 0 atom stereocenters. The molecule has 3 heteroatoms. The van der Waals surface area contributed by atoms with Crippen LogP contribution in [-0.4, -0.2) is 12.9 Å². The first kappa shape index (κ1) is 15.2. The van der Waals surface area contributed by atoms with Crippen LogP contribution in [-0.2, 0) is 16.6 Å². The molecule has 0 aliphatic rings. The monoisotopic (exact) mass is 312 g/mol. The number of hydrogen-bond donors (Lipinski definition) is 0. The standard InChI is InChI=1S/C15H21BrO2/c1-5-11-9-12(15(2,3)4)14(13(16)10-11)18-8-6-7-17/h7,9-10H,5-6,8H2,1-4H3. The Hall–Kier alpha value is -0.830. The number of carbonyl (C=O) groups is 1. The van der Waals surface area contributed by atoms with Crippen molar-refractivity contribution in [2.24, 2.45) is 0 Å². The molecule has 1 rings (SSSR count). The van der Waals surface area contributed by atoms with Crippen LogP contribution in [0.3, 0.4) is 0 Å². The molecule has 18 heavy (non-hydrogen) atoms. The first-order valence-corrected chi connectivity index (χ1v) is 7.08. The van der Waals surface area contributed by atoms with Gasteiger partial charge in [0.2, 0.25) is 0 Å². The molecular formula is C15H21BrO2. The van der Waals surface area contributed by atoms with E-state index < -0.39 is 0 Å². The summed E-state index contributed by atoms with van der Waals surface area (Å²) in [5.74, 6) is 0.863. The summed E-state index contributed by atoms with van der Waals surface area (Å²) in [6.07, 6.45) is 2.30. The van der Waals surface area contributed by atoms with Crippen molar-refractivity contribution in [1.29, 1.82) is 0 Å². The highest BCUT2D eigenvalue weighted by Gasteiger charge is 2.21. The second-order valence-electron chi connectivity index (χ2n) is 5.36. The summed E-state index contributed by atoms with van der Waals surface area (Å²) in [5.41, 5.74) is 2.48. The Morgan fingerprint density at radius 1 is 1.33 bits per heavy atom. The number of carbonyl (C=O) groups excluding carboxylic acids is 1. The van der Waals surface area contributed by atoms with E-state index in [0.29, 0.717) is 13.0 Å². The van der Waals surface area contributed by atoms with E-state index in [1.54, 1.807) is 0 Å². The molecule has 0 N–H and O–H groups in total. The third kappa shape index (κ3) is 3.84. The molecule has 1 aromatic carbocycles. The van der Waals surface area contributed by atoms with Gasteiger partial charge >= 0.3 is 0 Å². The highest BCUT2D eigenvalue weighted by molar-refractivity contribution is 9.10. The Bertz CT molecular complexity index is 419. The molecule has 0 aliphatic heterocycles. The lowest BCUT2D eigenvalue weighted by molar-refractivity contribution is -0.108. The van der Waals surface area contributed by atoms with Crippen molar-refractivity contribution in [2.45, 2.75) is 46.0 Å². The van der Waals surface area contributed by atoms with Crippen LogP contribution in [0.5, 0.6) is 5.75 Å². The molecule has 1 aromatic rings. The van der Waals surface area contributed by atoms with Gasteiger partial charge in [-0.15, -0.1) is 0 Å². The van der Waals surface area contributed by atoms with Crippen LogP contribution in [0, 0.1) is 0 Å². The average molecular weight is 313 g/mol. The minimum Gasteiger partial charge on any atom is -0.492 e. The lowest BCUT2D eigenvalue weighted by Crippen LogP contribution is -2.15. The minimum absolute atomic E-state index is 0.0181. The fourth-order valence-electron chi connectivity index (χ4n) is 1.77. The molecule has 0 amide bonds. The Morgan fingerprint density at radius 3 is 2.50 bits per heavy atom. The largest absolute Gasteiger partial charge is 0.492 e. The van der Waals surface area contributed by atoms with Gasteiger partial charge in [-0.2, -0.15) is 0 Å². The van der Waals surface area contributed by atoms with E-state index >= 15 is 0 Å². The average Bonchev–Trinajstić information content (AvgIpc) is 2.29. The number of aryl methyl sites for hydroxylation is 1. The van der Waals surface area contributed by atoms with Crippen molar-refractivity contribution in [2.75, 3.05) is 6.61 Å². The summed E-state index contributed by atoms with van der Waals surface area (Å²) in [6, 6.07) is 4.28. The molecule has 0 fully saturated rings. The molecular weight excluding hydrogens is 292 g/mol. The van der Waals surface area contributed by atoms with Crippen molar-refractivity contribution >= 4 is 22.2 Å². The SMILES string of the molecule is CCc1cc(Br)c(OCCC=O)c(C(C)(C)C)c1. The van der Waals surface area contributed by atoms with Crippen molar-refractivity contribution in [1.82, 2.24) is 0 Å². The molecule has 0 spiro atoms. The molecule has 0 bridgehead atoms. The summed E-state index contributed by atoms with van der Waals surface area (Å²) in [4.78, 5) is 10.4. The zero-order valence-corrected chi connectivity index (χ0v) is 13.1. The Kier molecular flexibility index (Phi) is 5.39. The Balaban J connectivity index is 3.16. The van der Waals surface area contributed by atoms with Gasteiger partial charge in [-0.05, 0) is 39.4 Å². The fourth-order valence-corrected chi connectivity index (χ4v) is 2.39. The van der Waals surface area contributed by atoms with Crippen LogP contribution in [0.15, 0.2) is 16.6 Å². The first-order chi connectivity index (χ1) is 8.40. The second-order valence-corrected chi connectivity index (χ2v) is 6.22. The zero-order chi connectivity index (χ0) is 13.8. The summed E-state index contributed by atoms with van der Waals surface area (Å²) in [6.45, 7) is 9.07. The van der Waals surface area contributed by atoms with Crippen LogP contribution in [0.4, 0.5) is 0 Å². The van der Waals surface area contributed by atoms with E-state index in [2.05, 4.69) is 55.8 Å². The van der Waals surface area contributed by atoms with Gasteiger partial charge < -0.3 is 9.53 Å². The van der Waals surface area contributed by atoms with Crippen LogP contribution in [0.1, 0.15) is 45.2 Å². The molecule has 0 saturated carbocycles. The number of rotatable bonds is 5. The highest BCUT2D eigenvalue weighted by atomic mass is 79.9. The number of hydrogen-bond acceptors (Lipinski definition) is 2. The highest BCUT2D eigenvalue weighted by Crippen LogP contribution is 2.38. The molecule has 0 aliphatic carbocycles. The second kappa shape index (κ2) is 6.37. The summed E-state index contributed by atoms with van der Waals surface area (Å²) < 4.78 is 6.73. The topological polar surface area (TPSA) is 26.3 Å². The van der Waals surface area contributed by atoms with Crippen LogP contribution in [0.2, 0.25) is 0 Å². The van der Waals surface area contributed by atoms with E-state index in [4.69, 9.17) is 4.74 Å². The predicted octanol–water partition coefficient (Wildman–Crippen LogP) is 4.28. The Morgan fingerprint density at radius 2 is 2.00 bits per heavy atom. The van der Waals surface area contributed by atoms with E-state index in [1.165, 1.54) is 11.1 Å². The molecule has 0 radical (unpaired) electrons. The maximum Gasteiger partial charge on any atom is 0.137 e. The molecule has 0 heterocycles. The van der Waals surface area contributed by atoms with Gasteiger partial charge in [0.15, 0.2) is 0 Å². The predicted molar refractivity (Wildman–Crippen MR) is 78.4 cm³/mol. The summed E-state index contributed by atoms with van der Waals surface area (Å²) in [7, 11) is 0. The van der Waals surface area contributed by atoms with Gasteiger partial charge in [-0.1, -0.05) is 33.8 Å². The van der Waals surface area contributed by atoms with Crippen LogP contribution < -0.4 is 4.74 Å². The maximum absolute atomic E-state index is 10.4. The van der Waals surface area contributed by atoms with E-state index in [0.717, 1.165) is 22.9 Å². The van der Waals surface area contributed by atoms with E-state index in [9.17, 15) is 4.79 Å². The van der Waals surface area contributed by atoms with Gasteiger partial charge in [0.05, 0.1) is 11.1 Å². The summed E-state index contributed by atoms with van der Waals surface area (Å²) in [5, 5.41) is 0. The molecule has 0 saturated heterocycles. The quantitative estimate of drug-likeness (QED) is 0.599. The Labute approximate surface area is 118 Å². The van der Waals surface area contributed by atoms with Crippen molar-refractivity contribution in [3.8, 4) is 5.75 Å². The maximum atomic E-state index is 10.4. The minimum atomic E-state index is 0.0181. The molecule has 100 valence electrons. The number of ether oxygens (including phenoxy) is 1.